The van der Waals surface area contributed by atoms with Crippen LogP contribution in [0, 0.1) is 17.0 Å². The molecule has 1 unspecified atom stereocenters. The summed E-state index contributed by atoms with van der Waals surface area (Å²) in [6.07, 6.45) is -0.920. The van der Waals surface area contributed by atoms with Crippen LogP contribution in [0.5, 0.6) is 5.75 Å². The normalized spacial score (nSPS) is 12.2. The average molecular weight is 340 g/mol. The minimum absolute atomic E-state index is 0.0807. The molecule has 0 aliphatic carbocycles. The second kappa shape index (κ2) is 7.62. The van der Waals surface area contributed by atoms with E-state index in [1.165, 1.54) is 12.1 Å². The number of carboxylic acid groups (broad SMARTS) is 1. The predicted molar refractivity (Wildman–Crippen MR) is 84.1 cm³/mol. The summed E-state index contributed by atoms with van der Waals surface area (Å²) in [5, 5.41) is 22.3. The van der Waals surface area contributed by atoms with E-state index in [2.05, 4.69) is 5.32 Å². The van der Waals surface area contributed by atoms with Crippen molar-refractivity contribution in [2.75, 3.05) is 6.61 Å². The Labute approximate surface area is 138 Å². The standard InChI is InChI=1S/C15H20N2O7/c1-9-5-6-12(11(7-9)17(21)22)23-8-10(13(18)19)16-14(20)24-15(2,3)4/h5-7,10H,8H2,1-4H3,(H,16,20)(H,18,19). The first-order chi connectivity index (χ1) is 11.0. The van der Waals surface area contributed by atoms with Crippen molar-refractivity contribution in [2.24, 2.45) is 0 Å². The summed E-state index contributed by atoms with van der Waals surface area (Å²) in [6.45, 7) is 6.09. The topological polar surface area (TPSA) is 128 Å². The van der Waals surface area contributed by atoms with E-state index in [4.69, 9.17) is 14.6 Å². The number of ether oxygens (including phenoxy) is 2. The Kier molecular flexibility index (Phi) is 6.10. The van der Waals surface area contributed by atoms with Gasteiger partial charge in [-0.3, -0.25) is 10.1 Å². The van der Waals surface area contributed by atoms with Gasteiger partial charge in [-0.15, -0.1) is 0 Å². The van der Waals surface area contributed by atoms with Gasteiger partial charge >= 0.3 is 17.7 Å². The first-order valence-corrected chi connectivity index (χ1v) is 7.10. The van der Waals surface area contributed by atoms with Gasteiger partial charge in [0, 0.05) is 6.07 Å². The number of hydrogen-bond acceptors (Lipinski definition) is 6. The van der Waals surface area contributed by atoms with Gasteiger partial charge in [0.05, 0.1) is 4.92 Å². The van der Waals surface area contributed by atoms with Gasteiger partial charge in [0.2, 0.25) is 0 Å². The highest BCUT2D eigenvalue weighted by atomic mass is 16.6. The van der Waals surface area contributed by atoms with Crippen molar-refractivity contribution < 1.29 is 29.1 Å². The fourth-order valence-corrected chi connectivity index (χ4v) is 1.69. The quantitative estimate of drug-likeness (QED) is 0.600. The number of amides is 1. The number of carbonyl (C=O) groups excluding carboxylic acids is 1. The molecule has 0 bridgehead atoms. The molecule has 0 spiro atoms. The zero-order valence-electron chi connectivity index (χ0n) is 13.9. The molecule has 0 aliphatic heterocycles. The minimum atomic E-state index is -1.42. The molecule has 1 amide bonds. The summed E-state index contributed by atoms with van der Waals surface area (Å²) in [6, 6.07) is 2.87. The van der Waals surface area contributed by atoms with Gasteiger partial charge < -0.3 is 19.9 Å². The van der Waals surface area contributed by atoms with E-state index < -0.39 is 35.2 Å². The first kappa shape index (κ1) is 19.2. The largest absolute Gasteiger partial charge is 0.484 e. The molecular formula is C15H20N2O7. The number of aryl methyl sites for hydroxylation is 1. The Morgan fingerprint density at radius 3 is 2.50 bits per heavy atom. The summed E-state index contributed by atoms with van der Waals surface area (Å²) in [4.78, 5) is 33.2. The molecule has 0 aliphatic rings. The van der Waals surface area contributed by atoms with E-state index in [0.717, 1.165) is 0 Å². The van der Waals surface area contributed by atoms with Crippen LogP contribution in [-0.4, -0.2) is 40.3 Å². The highest BCUT2D eigenvalue weighted by Gasteiger charge is 2.26. The molecule has 9 heteroatoms. The van der Waals surface area contributed by atoms with Gasteiger partial charge in [-0.1, -0.05) is 6.07 Å². The van der Waals surface area contributed by atoms with Crippen LogP contribution in [0.2, 0.25) is 0 Å². The molecule has 1 aromatic rings. The number of carbonyl (C=O) groups is 2. The smallest absolute Gasteiger partial charge is 0.408 e. The molecule has 1 rings (SSSR count). The SMILES string of the molecule is Cc1ccc(OCC(NC(=O)OC(C)(C)C)C(=O)O)c([N+](=O)[O-])c1. The molecule has 0 heterocycles. The Bertz CT molecular complexity index is 637. The maximum Gasteiger partial charge on any atom is 0.408 e. The molecule has 0 aromatic heterocycles. The van der Waals surface area contributed by atoms with Crippen molar-refractivity contribution in [1.29, 1.82) is 0 Å². The van der Waals surface area contributed by atoms with Crippen LogP contribution in [0.1, 0.15) is 26.3 Å². The second-order valence-electron chi connectivity index (χ2n) is 6.08. The molecule has 0 fully saturated rings. The van der Waals surface area contributed by atoms with Gasteiger partial charge in [0.1, 0.15) is 12.2 Å². The lowest BCUT2D eigenvalue weighted by Gasteiger charge is -2.22. The lowest BCUT2D eigenvalue weighted by Crippen LogP contribution is -2.46. The molecule has 0 saturated carbocycles. The number of rotatable bonds is 6. The number of benzene rings is 1. The first-order valence-electron chi connectivity index (χ1n) is 7.10. The Morgan fingerprint density at radius 1 is 1.38 bits per heavy atom. The number of nitro benzene ring substituents is 1. The molecule has 9 nitrogen and oxygen atoms in total. The third kappa shape index (κ3) is 6.11. The van der Waals surface area contributed by atoms with Crippen LogP contribution in [0.3, 0.4) is 0 Å². The fraction of sp³-hybridized carbons (Fsp3) is 0.467. The monoisotopic (exact) mass is 340 g/mol. The summed E-state index contributed by atoms with van der Waals surface area (Å²) in [5.41, 5.74) is -0.406. The number of hydrogen-bond donors (Lipinski definition) is 2. The van der Waals surface area contributed by atoms with Crippen LogP contribution in [0.4, 0.5) is 10.5 Å². The molecule has 0 radical (unpaired) electrons. The Balaban J connectivity index is 2.80. The lowest BCUT2D eigenvalue weighted by molar-refractivity contribution is -0.385. The molecular weight excluding hydrogens is 320 g/mol. The maximum absolute atomic E-state index is 11.6. The van der Waals surface area contributed by atoms with Crippen LogP contribution < -0.4 is 10.1 Å². The minimum Gasteiger partial charge on any atom is -0.484 e. The van der Waals surface area contributed by atoms with Crippen LogP contribution in [0.15, 0.2) is 18.2 Å². The van der Waals surface area contributed by atoms with Crippen molar-refractivity contribution in [2.45, 2.75) is 39.3 Å². The molecule has 0 saturated heterocycles. The third-order valence-electron chi connectivity index (χ3n) is 2.71. The summed E-state index contributed by atoms with van der Waals surface area (Å²) in [7, 11) is 0. The summed E-state index contributed by atoms with van der Waals surface area (Å²) >= 11 is 0. The number of nitrogens with zero attached hydrogens (tertiary/aromatic N) is 1. The number of aliphatic carboxylic acids is 1. The number of nitrogens with one attached hydrogen (secondary N) is 1. The molecule has 2 N–H and O–H groups in total. The zero-order valence-corrected chi connectivity index (χ0v) is 13.9. The summed E-state index contributed by atoms with van der Waals surface area (Å²) < 4.78 is 10.2. The predicted octanol–water partition coefficient (Wildman–Crippen LogP) is 2.26. The average Bonchev–Trinajstić information content (AvgIpc) is 2.41. The molecule has 1 aromatic carbocycles. The van der Waals surface area contributed by atoms with E-state index in [1.807, 2.05) is 0 Å². The highest BCUT2D eigenvalue weighted by Crippen LogP contribution is 2.27. The van der Waals surface area contributed by atoms with Crippen LogP contribution >= 0.6 is 0 Å². The second-order valence-corrected chi connectivity index (χ2v) is 6.08. The summed E-state index contributed by atoms with van der Waals surface area (Å²) in [5.74, 6) is -1.43. The van der Waals surface area contributed by atoms with Gasteiger partial charge in [0.25, 0.3) is 0 Å². The number of carboxylic acids is 1. The van der Waals surface area contributed by atoms with Crippen molar-refractivity contribution in [3.05, 3.63) is 33.9 Å². The van der Waals surface area contributed by atoms with Gasteiger partial charge in [0.15, 0.2) is 11.8 Å². The van der Waals surface area contributed by atoms with E-state index in [1.54, 1.807) is 33.8 Å². The number of alkyl carbamates (subject to hydrolysis) is 1. The van der Waals surface area contributed by atoms with Crippen molar-refractivity contribution in [3.63, 3.8) is 0 Å². The van der Waals surface area contributed by atoms with Crippen molar-refractivity contribution in [3.8, 4) is 5.75 Å². The molecule has 132 valence electrons. The van der Waals surface area contributed by atoms with Gasteiger partial charge in [-0.25, -0.2) is 9.59 Å². The Hall–Kier alpha value is -2.84. The van der Waals surface area contributed by atoms with E-state index in [-0.39, 0.29) is 11.4 Å². The van der Waals surface area contributed by atoms with Crippen molar-refractivity contribution in [1.82, 2.24) is 5.32 Å². The third-order valence-corrected chi connectivity index (χ3v) is 2.71. The zero-order chi connectivity index (χ0) is 18.5. The van der Waals surface area contributed by atoms with E-state index in [0.29, 0.717) is 5.56 Å². The maximum atomic E-state index is 11.6. The molecule has 24 heavy (non-hydrogen) atoms. The molecule has 1 atom stereocenters. The van der Waals surface area contributed by atoms with E-state index in [9.17, 15) is 19.7 Å². The lowest BCUT2D eigenvalue weighted by atomic mass is 10.2. The van der Waals surface area contributed by atoms with Crippen LogP contribution in [0.25, 0.3) is 0 Å². The Morgan fingerprint density at radius 2 is 2.00 bits per heavy atom. The fourth-order valence-electron chi connectivity index (χ4n) is 1.69. The van der Waals surface area contributed by atoms with Crippen molar-refractivity contribution >= 4 is 17.7 Å². The highest BCUT2D eigenvalue weighted by molar-refractivity contribution is 5.80. The number of nitro groups is 1. The van der Waals surface area contributed by atoms with Gasteiger partial charge in [-0.05, 0) is 39.3 Å². The van der Waals surface area contributed by atoms with Gasteiger partial charge in [-0.2, -0.15) is 0 Å². The van der Waals surface area contributed by atoms with Crippen LogP contribution in [-0.2, 0) is 9.53 Å². The van der Waals surface area contributed by atoms with E-state index >= 15 is 0 Å².